The van der Waals surface area contributed by atoms with Gasteiger partial charge in [-0.2, -0.15) is 0 Å². The van der Waals surface area contributed by atoms with Gasteiger partial charge in [0.25, 0.3) is 0 Å². The van der Waals surface area contributed by atoms with Gasteiger partial charge in [-0.05, 0) is 68.7 Å². The monoisotopic (exact) mass is 286 g/mol. The first-order valence-corrected chi connectivity index (χ1v) is 8.69. The van der Waals surface area contributed by atoms with Crippen molar-refractivity contribution in [1.82, 2.24) is 4.90 Å². The molecule has 116 valence electrons. The summed E-state index contributed by atoms with van der Waals surface area (Å²) in [6.45, 7) is 8.47. The Bertz CT molecular complexity index is 450. The maximum atomic E-state index is 3.83. The lowest BCUT2D eigenvalue weighted by molar-refractivity contribution is 0.232. The molecule has 2 nitrogen and oxygen atoms in total. The Morgan fingerprint density at radius 1 is 1.10 bits per heavy atom. The molecule has 21 heavy (non-hydrogen) atoms. The van der Waals surface area contributed by atoms with Crippen molar-refractivity contribution in [1.29, 1.82) is 0 Å². The third-order valence-corrected chi connectivity index (χ3v) is 5.31. The van der Waals surface area contributed by atoms with Crippen LogP contribution in [-0.2, 0) is 6.54 Å². The second-order valence-corrected chi connectivity index (χ2v) is 7.72. The molecule has 0 unspecified atom stereocenters. The molecule has 3 rings (SSSR count). The first-order chi connectivity index (χ1) is 10.1. The molecule has 1 saturated heterocycles. The van der Waals surface area contributed by atoms with Crippen LogP contribution in [0.25, 0.3) is 0 Å². The quantitative estimate of drug-likeness (QED) is 0.865. The molecular formula is C19H30N2. The van der Waals surface area contributed by atoms with E-state index in [4.69, 9.17) is 0 Å². The van der Waals surface area contributed by atoms with E-state index in [1.54, 1.807) is 0 Å². The first kappa shape index (κ1) is 14.9. The van der Waals surface area contributed by atoms with Gasteiger partial charge in [0, 0.05) is 18.3 Å². The Kier molecular flexibility index (Phi) is 4.54. The van der Waals surface area contributed by atoms with Gasteiger partial charge in [0.05, 0.1) is 0 Å². The van der Waals surface area contributed by atoms with E-state index in [2.05, 4.69) is 48.3 Å². The van der Waals surface area contributed by atoms with Gasteiger partial charge in [-0.3, -0.25) is 4.90 Å². The number of likely N-dealkylation sites (tertiary alicyclic amines) is 1. The van der Waals surface area contributed by atoms with Crippen LogP contribution in [0.15, 0.2) is 24.3 Å². The zero-order chi connectivity index (χ0) is 14.7. The summed E-state index contributed by atoms with van der Waals surface area (Å²) in [4.78, 5) is 2.59. The lowest BCUT2D eigenvalue weighted by atomic mass is 9.75. The largest absolute Gasteiger partial charge is 0.382 e. The second kappa shape index (κ2) is 6.39. The third-order valence-electron chi connectivity index (χ3n) is 5.31. The van der Waals surface area contributed by atoms with Crippen molar-refractivity contribution in [3.8, 4) is 0 Å². The number of hydrogen-bond donors (Lipinski definition) is 1. The van der Waals surface area contributed by atoms with E-state index in [-0.39, 0.29) is 0 Å². The summed E-state index contributed by atoms with van der Waals surface area (Å²) in [6.07, 6.45) is 8.05. The van der Waals surface area contributed by atoms with Gasteiger partial charge in [-0.15, -0.1) is 0 Å². The highest BCUT2D eigenvalue weighted by atomic mass is 15.1. The van der Waals surface area contributed by atoms with Crippen molar-refractivity contribution < 1.29 is 0 Å². The van der Waals surface area contributed by atoms with Crippen LogP contribution >= 0.6 is 0 Å². The molecule has 1 aromatic rings. The molecule has 1 N–H and O–H groups in total. The van der Waals surface area contributed by atoms with Crippen molar-refractivity contribution in [2.75, 3.05) is 18.4 Å². The molecule has 0 spiro atoms. The van der Waals surface area contributed by atoms with Gasteiger partial charge in [-0.1, -0.05) is 32.0 Å². The molecule has 1 saturated carbocycles. The lowest BCUT2D eigenvalue weighted by Gasteiger charge is -2.35. The number of nitrogens with zero attached hydrogens (tertiary/aromatic N) is 1. The van der Waals surface area contributed by atoms with Gasteiger partial charge in [0.15, 0.2) is 0 Å². The molecule has 0 bridgehead atoms. The molecule has 2 fully saturated rings. The normalized spacial score (nSPS) is 23.3. The van der Waals surface area contributed by atoms with Crippen molar-refractivity contribution >= 4 is 5.69 Å². The fourth-order valence-corrected chi connectivity index (χ4v) is 3.74. The number of anilines is 1. The van der Waals surface area contributed by atoms with Crippen LogP contribution in [0.4, 0.5) is 5.69 Å². The minimum absolute atomic E-state index is 0.549. The van der Waals surface area contributed by atoms with Crippen LogP contribution in [0.1, 0.15) is 57.9 Å². The molecule has 0 amide bonds. The predicted molar refractivity (Wildman–Crippen MR) is 90.6 cm³/mol. The van der Waals surface area contributed by atoms with Crippen molar-refractivity contribution in [3.63, 3.8) is 0 Å². The number of para-hydroxylation sites is 1. The summed E-state index contributed by atoms with van der Waals surface area (Å²) < 4.78 is 0. The van der Waals surface area contributed by atoms with E-state index in [1.165, 1.54) is 62.9 Å². The molecule has 1 heterocycles. The summed E-state index contributed by atoms with van der Waals surface area (Å²) in [5.74, 6) is 0. The fraction of sp³-hybridized carbons (Fsp3) is 0.684. The minimum Gasteiger partial charge on any atom is -0.382 e. The van der Waals surface area contributed by atoms with E-state index in [9.17, 15) is 0 Å². The maximum absolute atomic E-state index is 3.83. The predicted octanol–water partition coefficient (Wildman–Crippen LogP) is 4.66. The van der Waals surface area contributed by atoms with Gasteiger partial charge in [0.1, 0.15) is 0 Å². The SMILES string of the molecule is CC1(C)CCC(Nc2ccccc2CN2CCCC2)CC1. The molecule has 2 heteroatoms. The Balaban J connectivity index is 1.62. The van der Waals surface area contributed by atoms with Gasteiger partial charge in [-0.25, -0.2) is 0 Å². The van der Waals surface area contributed by atoms with E-state index in [0.29, 0.717) is 11.5 Å². The zero-order valence-electron chi connectivity index (χ0n) is 13.7. The van der Waals surface area contributed by atoms with E-state index >= 15 is 0 Å². The maximum Gasteiger partial charge on any atom is 0.0388 e. The summed E-state index contributed by atoms with van der Waals surface area (Å²) in [5, 5.41) is 3.83. The standard InChI is InChI=1S/C19H30N2/c1-19(2)11-9-17(10-12-19)20-18-8-4-3-7-16(18)15-21-13-5-6-14-21/h3-4,7-8,17,20H,5-6,9-15H2,1-2H3. The third kappa shape index (κ3) is 4.00. The minimum atomic E-state index is 0.549. The highest BCUT2D eigenvalue weighted by molar-refractivity contribution is 5.51. The number of benzene rings is 1. The van der Waals surface area contributed by atoms with Crippen molar-refractivity contribution in [2.24, 2.45) is 5.41 Å². The molecule has 1 aromatic carbocycles. The highest BCUT2D eigenvalue weighted by Gasteiger charge is 2.27. The van der Waals surface area contributed by atoms with E-state index < -0.39 is 0 Å². The number of nitrogens with one attached hydrogen (secondary N) is 1. The molecule has 1 aliphatic heterocycles. The summed E-state index contributed by atoms with van der Waals surface area (Å²) in [5.41, 5.74) is 3.39. The van der Waals surface area contributed by atoms with Gasteiger partial charge < -0.3 is 5.32 Å². The van der Waals surface area contributed by atoms with Crippen molar-refractivity contribution in [3.05, 3.63) is 29.8 Å². The van der Waals surface area contributed by atoms with E-state index in [0.717, 1.165) is 6.54 Å². The molecular weight excluding hydrogens is 256 g/mol. The Morgan fingerprint density at radius 2 is 1.76 bits per heavy atom. The smallest absolute Gasteiger partial charge is 0.0388 e. The van der Waals surface area contributed by atoms with Gasteiger partial charge >= 0.3 is 0 Å². The molecule has 0 aromatic heterocycles. The number of rotatable bonds is 4. The van der Waals surface area contributed by atoms with Crippen LogP contribution in [0.2, 0.25) is 0 Å². The van der Waals surface area contributed by atoms with Crippen LogP contribution in [0, 0.1) is 5.41 Å². The first-order valence-electron chi connectivity index (χ1n) is 8.69. The lowest BCUT2D eigenvalue weighted by Crippen LogP contribution is -2.30. The van der Waals surface area contributed by atoms with Gasteiger partial charge in [0.2, 0.25) is 0 Å². The molecule has 0 radical (unpaired) electrons. The van der Waals surface area contributed by atoms with Crippen LogP contribution in [-0.4, -0.2) is 24.0 Å². The van der Waals surface area contributed by atoms with Crippen LogP contribution < -0.4 is 5.32 Å². The molecule has 1 aliphatic carbocycles. The topological polar surface area (TPSA) is 15.3 Å². The fourth-order valence-electron chi connectivity index (χ4n) is 3.74. The van der Waals surface area contributed by atoms with E-state index in [1.807, 2.05) is 0 Å². The van der Waals surface area contributed by atoms with Crippen molar-refractivity contribution in [2.45, 2.75) is 65.0 Å². The molecule has 0 atom stereocenters. The summed E-state index contributed by atoms with van der Waals surface area (Å²) in [6, 6.07) is 9.58. The van der Waals surface area contributed by atoms with Crippen LogP contribution in [0.5, 0.6) is 0 Å². The summed E-state index contributed by atoms with van der Waals surface area (Å²) >= 11 is 0. The Morgan fingerprint density at radius 3 is 2.48 bits per heavy atom. The summed E-state index contributed by atoms with van der Waals surface area (Å²) in [7, 11) is 0. The highest BCUT2D eigenvalue weighted by Crippen LogP contribution is 2.36. The molecule has 2 aliphatic rings. The van der Waals surface area contributed by atoms with Crippen LogP contribution in [0.3, 0.4) is 0 Å². The zero-order valence-corrected chi connectivity index (χ0v) is 13.7. The average molecular weight is 286 g/mol. The average Bonchev–Trinajstić information content (AvgIpc) is 2.96. The number of hydrogen-bond acceptors (Lipinski definition) is 2. The Labute approximate surface area is 129 Å². The Hall–Kier alpha value is -1.02. The second-order valence-electron chi connectivity index (χ2n) is 7.72.